The highest BCUT2D eigenvalue weighted by molar-refractivity contribution is 9.10. The Morgan fingerprint density at radius 3 is 2.43 bits per heavy atom. The number of hydrogen-bond acceptors (Lipinski definition) is 3. The molecule has 2 rings (SSSR count). The third-order valence-corrected chi connectivity index (χ3v) is 5.11. The van der Waals surface area contributed by atoms with Gasteiger partial charge in [0.15, 0.2) is 0 Å². The number of nitrogens with two attached hydrogens (primary N) is 1. The third kappa shape index (κ3) is 3.64. The van der Waals surface area contributed by atoms with Crippen LogP contribution in [0.2, 0.25) is 0 Å². The number of nitrogens with one attached hydrogen (secondary N) is 1. The first kappa shape index (κ1) is 16.0. The van der Waals surface area contributed by atoms with Gasteiger partial charge in [-0.2, -0.15) is 0 Å². The first-order chi connectivity index (χ1) is 9.80. The summed E-state index contributed by atoms with van der Waals surface area (Å²) in [6.45, 7) is 3.76. The molecule has 6 heteroatoms. The Balaban J connectivity index is 2.35. The average molecular weight is 369 g/mol. The van der Waals surface area contributed by atoms with E-state index in [1.54, 1.807) is 13.0 Å². The van der Waals surface area contributed by atoms with Gasteiger partial charge >= 0.3 is 0 Å². The molecule has 0 heterocycles. The maximum Gasteiger partial charge on any atom is 0.238 e. The van der Waals surface area contributed by atoms with Crippen LogP contribution in [0.25, 0.3) is 0 Å². The normalized spacial score (nSPS) is 13.0. The minimum Gasteiger partial charge on any atom is -0.378 e. The lowest BCUT2D eigenvalue weighted by Gasteiger charge is -2.19. The molecule has 0 spiro atoms. The van der Waals surface area contributed by atoms with Crippen LogP contribution >= 0.6 is 15.9 Å². The molecular formula is C15H17BrN2O2S. The number of halogens is 1. The number of rotatable bonds is 4. The summed E-state index contributed by atoms with van der Waals surface area (Å²) in [5.74, 6) is 0. The second-order valence-corrected chi connectivity index (χ2v) is 7.25. The summed E-state index contributed by atoms with van der Waals surface area (Å²) in [4.78, 5) is 0.145. The van der Waals surface area contributed by atoms with Crippen molar-refractivity contribution >= 4 is 31.6 Å². The van der Waals surface area contributed by atoms with Crippen LogP contribution in [0.3, 0.4) is 0 Å². The summed E-state index contributed by atoms with van der Waals surface area (Å²) in [6, 6.07) is 13.0. The lowest BCUT2D eigenvalue weighted by Crippen LogP contribution is -2.15. The van der Waals surface area contributed by atoms with Crippen LogP contribution in [-0.4, -0.2) is 8.42 Å². The number of primary sulfonamides is 1. The fraction of sp³-hybridized carbons (Fsp3) is 0.200. The van der Waals surface area contributed by atoms with E-state index < -0.39 is 10.0 Å². The Hall–Kier alpha value is -1.37. The summed E-state index contributed by atoms with van der Waals surface area (Å²) in [5, 5.41) is 8.56. The molecule has 0 saturated carbocycles. The molecule has 1 unspecified atom stereocenters. The lowest BCUT2D eigenvalue weighted by molar-refractivity contribution is 0.597. The van der Waals surface area contributed by atoms with Crippen molar-refractivity contribution in [1.82, 2.24) is 0 Å². The summed E-state index contributed by atoms with van der Waals surface area (Å²) in [5.41, 5.74) is 2.47. The van der Waals surface area contributed by atoms with E-state index in [0.717, 1.165) is 15.7 Å². The molecule has 0 saturated heterocycles. The van der Waals surface area contributed by atoms with Crippen LogP contribution in [-0.2, 0) is 10.0 Å². The maximum atomic E-state index is 11.6. The molecule has 0 aliphatic heterocycles. The smallest absolute Gasteiger partial charge is 0.238 e. The van der Waals surface area contributed by atoms with Gasteiger partial charge in [0.25, 0.3) is 0 Å². The molecule has 0 fully saturated rings. The third-order valence-electron chi connectivity index (χ3n) is 3.33. The van der Waals surface area contributed by atoms with Crippen LogP contribution in [0.15, 0.2) is 51.8 Å². The van der Waals surface area contributed by atoms with Gasteiger partial charge in [-0.05, 0) is 43.2 Å². The highest BCUT2D eigenvalue weighted by Crippen LogP contribution is 2.29. The molecule has 0 bridgehead atoms. The van der Waals surface area contributed by atoms with Crippen LogP contribution < -0.4 is 10.5 Å². The van der Waals surface area contributed by atoms with Crippen LogP contribution in [0, 0.1) is 6.92 Å². The molecule has 1 atom stereocenters. The van der Waals surface area contributed by atoms with Gasteiger partial charge < -0.3 is 5.32 Å². The molecule has 4 nitrogen and oxygen atoms in total. The van der Waals surface area contributed by atoms with Gasteiger partial charge in [-0.15, -0.1) is 0 Å². The van der Waals surface area contributed by atoms with Gasteiger partial charge in [0.1, 0.15) is 0 Å². The van der Waals surface area contributed by atoms with Crippen molar-refractivity contribution in [2.45, 2.75) is 24.8 Å². The molecule has 2 aromatic carbocycles. The minimum atomic E-state index is -3.71. The molecule has 0 aromatic heterocycles. The van der Waals surface area contributed by atoms with Gasteiger partial charge in [0, 0.05) is 16.2 Å². The quantitative estimate of drug-likeness (QED) is 0.865. The molecule has 0 amide bonds. The Kier molecular flexibility index (Phi) is 4.70. The predicted molar refractivity (Wildman–Crippen MR) is 88.7 cm³/mol. The topological polar surface area (TPSA) is 72.2 Å². The van der Waals surface area contributed by atoms with E-state index in [1.165, 1.54) is 6.07 Å². The molecule has 3 N–H and O–H groups in total. The summed E-state index contributed by atoms with van der Waals surface area (Å²) >= 11 is 3.52. The molecule has 0 radical (unpaired) electrons. The van der Waals surface area contributed by atoms with E-state index in [-0.39, 0.29) is 10.9 Å². The molecule has 21 heavy (non-hydrogen) atoms. The van der Waals surface area contributed by atoms with E-state index in [9.17, 15) is 8.42 Å². The zero-order chi connectivity index (χ0) is 15.6. The number of hydrogen-bond donors (Lipinski definition) is 2. The Morgan fingerprint density at radius 1 is 1.14 bits per heavy atom. The molecule has 0 aliphatic rings. The molecule has 0 aliphatic carbocycles. The average Bonchev–Trinajstić information content (AvgIpc) is 2.40. The van der Waals surface area contributed by atoms with Crippen LogP contribution in [0.1, 0.15) is 24.1 Å². The molecule has 112 valence electrons. The monoisotopic (exact) mass is 368 g/mol. The summed E-state index contributed by atoms with van der Waals surface area (Å²) in [6.07, 6.45) is 0. The van der Waals surface area contributed by atoms with E-state index in [4.69, 9.17) is 5.14 Å². The van der Waals surface area contributed by atoms with Crippen molar-refractivity contribution in [1.29, 1.82) is 0 Å². The Labute approximate surface area is 133 Å². The minimum absolute atomic E-state index is 0.0232. The fourth-order valence-electron chi connectivity index (χ4n) is 2.22. The van der Waals surface area contributed by atoms with Crippen molar-refractivity contribution in [2.75, 3.05) is 5.32 Å². The SMILES string of the molecule is Cc1c(NC(C)c2ccccc2Br)cccc1S(N)(=O)=O. The highest BCUT2D eigenvalue weighted by atomic mass is 79.9. The number of benzene rings is 2. The first-order valence-corrected chi connectivity index (χ1v) is 8.78. The van der Waals surface area contributed by atoms with E-state index in [0.29, 0.717) is 5.56 Å². The van der Waals surface area contributed by atoms with E-state index in [2.05, 4.69) is 21.2 Å². The Bertz CT molecular complexity index is 760. The predicted octanol–water partition coefficient (Wildman–Crippen LogP) is 3.58. The van der Waals surface area contributed by atoms with Crippen molar-refractivity contribution in [2.24, 2.45) is 5.14 Å². The second kappa shape index (κ2) is 6.17. The number of sulfonamides is 1. The second-order valence-electron chi connectivity index (χ2n) is 4.86. The van der Waals surface area contributed by atoms with Crippen LogP contribution in [0.4, 0.5) is 5.69 Å². The zero-order valence-corrected chi connectivity index (χ0v) is 14.2. The van der Waals surface area contributed by atoms with Crippen LogP contribution in [0.5, 0.6) is 0 Å². The molecule has 2 aromatic rings. The zero-order valence-electron chi connectivity index (χ0n) is 11.8. The van der Waals surface area contributed by atoms with Gasteiger partial charge in [0.05, 0.1) is 4.90 Å². The summed E-state index contributed by atoms with van der Waals surface area (Å²) in [7, 11) is -3.71. The first-order valence-electron chi connectivity index (χ1n) is 6.44. The van der Waals surface area contributed by atoms with E-state index in [1.807, 2.05) is 37.3 Å². The van der Waals surface area contributed by atoms with Gasteiger partial charge in [-0.25, -0.2) is 13.6 Å². The van der Waals surface area contributed by atoms with Gasteiger partial charge in [-0.3, -0.25) is 0 Å². The maximum absolute atomic E-state index is 11.6. The van der Waals surface area contributed by atoms with Crippen molar-refractivity contribution in [3.8, 4) is 0 Å². The summed E-state index contributed by atoms with van der Waals surface area (Å²) < 4.78 is 24.1. The molecular weight excluding hydrogens is 352 g/mol. The van der Waals surface area contributed by atoms with Gasteiger partial charge in [-0.1, -0.05) is 40.2 Å². The van der Waals surface area contributed by atoms with Crippen molar-refractivity contribution in [3.05, 3.63) is 58.1 Å². The standard InChI is InChI=1S/C15H17BrN2O2S/c1-10-14(8-5-9-15(10)21(17,19)20)18-11(2)12-6-3-4-7-13(12)16/h3-9,11,18H,1-2H3,(H2,17,19,20). The largest absolute Gasteiger partial charge is 0.378 e. The van der Waals surface area contributed by atoms with Crippen molar-refractivity contribution < 1.29 is 8.42 Å². The lowest BCUT2D eigenvalue weighted by atomic mass is 10.1. The van der Waals surface area contributed by atoms with Gasteiger partial charge in [0.2, 0.25) is 10.0 Å². The fourth-order valence-corrected chi connectivity index (χ4v) is 3.65. The highest BCUT2D eigenvalue weighted by Gasteiger charge is 2.15. The number of anilines is 1. The Morgan fingerprint density at radius 2 is 1.81 bits per heavy atom. The van der Waals surface area contributed by atoms with E-state index >= 15 is 0 Å². The van der Waals surface area contributed by atoms with Crippen molar-refractivity contribution in [3.63, 3.8) is 0 Å².